The van der Waals surface area contributed by atoms with Crippen molar-refractivity contribution in [3.63, 3.8) is 0 Å². The van der Waals surface area contributed by atoms with Gasteiger partial charge < -0.3 is 24.8 Å². The highest BCUT2D eigenvalue weighted by Gasteiger charge is 2.47. The lowest BCUT2D eigenvalue weighted by molar-refractivity contribution is -0.384. The molecule has 0 bridgehead atoms. The lowest BCUT2D eigenvalue weighted by atomic mass is 9.73. The monoisotopic (exact) mass is 634 g/mol. The molecule has 2 aromatic carbocycles. The van der Waals surface area contributed by atoms with Gasteiger partial charge in [-0.3, -0.25) is 14.6 Å². The normalized spacial score (nSPS) is 18.5. The molecule has 16 heteroatoms. The molecule has 2 saturated heterocycles. The molecule has 44 heavy (non-hydrogen) atoms. The number of rotatable bonds is 12. The van der Waals surface area contributed by atoms with Crippen molar-refractivity contribution >= 4 is 25.8 Å². The summed E-state index contributed by atoms with van der Waals surface area (Å²) in [5, 5.41) is 10.8. The van der Waals surface area contributed by atoms with Gasteiger partial charge in [0.15, 0.2) is 5.75 Å². The second-order valence-electron chi connectivity index (χ2n) is 10.6. The summed E-state index contributed by atoms with van der Waals surface area (Å²) < 4.78 is 21.7. The molecule has 0 amide bonds. The molecule has 2 fully saturated rings. The zero-order chi connectivity index (χ0) is 31.5. The van der Waals surface area contributed by atoms with Gasteiger partial charge in [-0.25, -0.2) is 19.4 Å². The third-order valence-corrected chi connectivity index (χ3v) is 8.12. The first kappa shape index (κ1) is 33.2. The van der Waals surface area contributed by atoms with Crippen molar-refractivity contribution < 1.29 is 47.9 Å². The van der Waals surface area contributed by atoms with E-state index in [1.165, 1.54) is 43.3 Å². The van der Waals surface area contributed by atoms with E-state index >= 15 is 0 Å². The van der Waals surface area contributed by atoms with Crippen LogP contribution in [0.5, 0.6) is 17.2 Å². The molecule has 0 aromatic heterocycles. The van der Waals surface area contributed by atoms with Gasteiger partial charge in [-0.15, -0.1) is 0 Å². The Bertz CT molecular complexity index is 1300. The summed E-state index contributed by atoms with van der Waals surface area (Å²) in [6, 6.07) is 10.5. The Kier molecular flexibility index (Phi) is 11.9. The number of non-ortho nitro benzene ring substituents is 1. The molecule has 3 unspecified atom stereocenters. The van der Waals surface area contributed by atoms with Gasteiger partial charge in [0.1, 0.15) is 23.1 Å². The van der Waals surface area contributed by atoms with E-state index in [0.717, 1.165) is 12.8 Å². The van der Waals surface area contributed by atoms with Crippen LogP contribution in [-0.4, -0.2) is 54.9 Å². The number of carbonyl (C=O) groups is 2. The van der Waals surface area contributed by atoms with Gasteiger partial charge >= 0.3 is 20.1 Å². The summed E-state index contributed by atoms with van der Waals surface area (Å²) >= 11 is 0. The van der Waals surface area contributed by atoms with Gasteiger partial charge in [0.25, 0.3) is 5.69 Å². The number of nitrogens with one attached hydrogen (secondary N) is 1. The van der Waals surface area contributed by atoms with E-state index in [0.29, 0.717) is 57.2 Å². The highest BCUT2D eigenvalue weighted by Crippen LogP contribution is 2.35. The van der Waals surface area contributed by atoms with Gasteiger partial charge in [0.2, 0.25) is 0 Å². The lowest BCUT2D eigenvalue weighted by Gasteiger charge is -2.39. The molecule has 2 heterocycles. The second-order valence-corrected chi connectivity index (χ2v) is 11.4. The zero-order valence-electron chi connectivity index (χ0n) is 24.1. The molecule has 3 atom stereocenters. The summed E-state index contributed by atoms with van der Waals surface area (Å²) in [5.41, 5.74) is 7.61. The van der Waals surface area contributed by atoms with Gasteiger partial charge in [-0.1, -0.05) is 0 Å². The SMILES string of the molecule is CC(N/N=[P+](\[O-])Oc1ccc(Oc2ccc([N+](=O)[O-])cc2)cc1)C(=O)OOC(=O)C(N)(CC1CCOCC1)C1CCOCC1. The number of ether oxygens (including phenoxy) is 3. The van der Waals surface area contributed by atoms with Gasteiger partial charge in [0.05, 0.1) is 4.92 Å². The molecule has 0 aliphatic carbocycles. The number of benzene rings is 2. The quantitative estimate of drug-likeness (QED) is 0.149. The third-order valence-electron chi connectivity index (χ3n) is 7.47. The number of carbonyl (C=O) groups excluding carboxylic acids is 2. The molecular formula is C28H35N4O11P. The van der Waals surface area contributed by atoms with Crippen molar-refractivity contribution in [1.82, 2.24) is 5.43 Å². The van der Waals surface area contributed by atoms with E-state index in [2.05, 4.69) is 10.3 Å². The molecule has 0 spiro atoms. The van der Waals surface area contributed by atoms with Crippen LogP contribution in [0, 0.1) is 22.0 Å². The Morgan fingerprint density at radius 1 is 1.00 bits per heavy atom. The average molecular weight is 635 g/mol. The predicted octanol–water partition coefficient (Wildman–Crippen LogP) is 3.46. The van der Waals surface area contributed by atoms with E-state index in [1.807, 2.05) is 0 Å². The standard InChI is InChI=1S/C28H35N4O11P/c1-19(26(33)41-42-27(34)28(29,21-12-16-39-17-13-21)18-20-10-14-38-15-11-20)30-31-44(37)43-25-8-6-24(7-9-25)40-23-4-2-22(3-5-23)32(35)36/h2-9,19-21,30H,10-18,29H2,1H3. The first-order valence-electron chi connectivity index (χ1n) is 14.1. The molecule has 2 aromatic rings. The van der Waals surface area contributed by atoms with E-state index in [1.54, 1.807) is 12.1 Å². The molecule has 4 rings (SSSR count). The van der Waals surface area contributed by atoms with Crippen LogP contribution in [0.3, 0.4) is 0 Å². The number of hydrogen-bond acceptors (Lipinski definition) is 13. The fraction of sp³-hybridized carbons (Fsp3) is 0.500. The Hall–Kier alpha value is -3.72. The van der Waals surface area contributed by atoms with Crippen LogP contribution < -0.4 is 25.3 Å². The van der Waals surface area contributed by atoms with Crippen LogP contribution in [0.4, 0.5) is 5.69 Å². The van der Waals surface area contributed by atoms with Crippen molar-refractivity contribution in [2.24, 2.45) is 22.4 Å². The minimum absolute atomic E-state index is 0.0601. The molecular weight excluding hydrogens is 599 g/mol. The van der Waals surface area contributed by atoms with Crippen molar-refractivity contribution in [1.29, 1.82) is 0 Å². The number of hydrogen-bond donors (Lipinski definition) is 2. The topological polar surface area (TPSA) is 206 Å². The largest absolute Gasteiger partial charge is 0.574 e. The first-order chi connectivity index (χ1) is 21.1. The average Bonchev–Trinajstić information content (AvgIpc) is 3.04. The van der Waals surface area contributed by atoms with Crippen LogP contribution in [0.2, 0.25) is 0 Å². The minimum atomic E-state index is -2.64. The van der Waals surface area contributed by atoms with Crippen LogP contribution in [0.15, 0.2) is 53.4 Å². The zero-order valence-corrected chi connectivity index (χ0v) is 25.0. The van der Waals surface area contributed by atoms with Crippen LogP contribution in [0.1, 0.15) is 39.0 Å². The van der Waals surface area contributed by atoms with Crippen molar-refractivity contribution in [3.05, 3.63) is 58.6 Å². The summed E-state index contributed by atoms with van der Waals surface area (Å²) in [6.45, 7) is 3.53. The molecule has 2 aliphatic rings. The van der Waals surface area contributed by atoms with Crippen molar-refractivity contribution in [2.75, 3.05) is 26.4 Å². The van der Waals surface area contributed by atoms with E-state index in [9.17, 15) is 24.6 Å². The molecule has 238 valence electrons. The van der Waals surface area contributed by atoms with Gasteiger partial charge in [0, 0.05) is 43.4 Å². The molecule has 3 N–H and O–H groups in total. The number of nitro groups is 1. The summed E-state index contributed by atoms with van der Waals surface area (Å²) in [5.74, 6) is -0.819. The van der Waals surface area contributed by atoms with E-state index in [4.69, 9.17) is 34.2 Å². The summed E-state index contributed by atoms with van der Waals surface area (Å²) in [4.78, 5) is 61.6. The lowest BCUT2D eigenvalue weighted by Crippen LogP contribution is -2.57. The highest BCUT2D eigenvalue weighted by atomic mass is 31.1. The van der Waals surface area contributed by atoms with Crippen LogP contribution >= 0.6 is 8.17 Å². The third kappa shape index (κ3) is 9.39. The fourth-order valence-corrected chi connectivity index (χ4v) is 5.53. The maximum Gasteiger partial charge on any atom is 0.412 e. The first-order valence-corrected chi connectivity index (χ1v) is 15.3. The number of nitrogens with two attached hydrogens (primary N) is 1. The highest BCUT2D eigenvalue weighted by molar-refractivity contribution is 7.33. The molecule has 15 nitrogen and oxygen atoms in total. The fourth-order valence-electron chi connectivity index (χ4n) is 4.92. The summed E-state index contributed by atoms with van der Waals surface area (Å²) in [7, 11) is -2.64. The summed E-state index contributed by atoms with van der Waals surface area (Å²) in [6.07, 6.45) is 3.10. The molecule has 2 aliphatic heterocycles. The maximum absolute atomic E-state index is 13.2. The Balaban J connectivity index is 1.25. The maximum atomic E-state index is 13.2. The number of nitro benzene ring substituents is 1. The van der Waals surface area contributed by atoms with E-state index < -0.39 is 36.6 Å². The molecule has 0 radical (unpaired) electrons. The minimum Gasteiger partial charge on any atom is -0.574 e. The van der Waals surface area contributed by atoms with Gasteiger partial charge in [-0.2, -0.15) is 5.43 Å². The van der Waals surface area contributed by atoms with Gasteiger partial charge in [-0.05, 0) is 87.3 Å². The van der Waals surface area contributed by atoms with Crippen LogP contribution in [-0.2, 0) is 28.8 Å². The smallest absolute Gasteiger partial charge is 0.412 e. The Morgan fingerprint density at radius 3 is 2.14 bits per heavy atom. The predicted molar refractivity (Wildman–Crippen MR) is 153 cm³/mol. The van der Waals surface area contributed by atoms with E-state index in [-0.39, 0.29) is 23.3 Å². The Morgan fingerprint density at radius 2 is 1.55 bits per heavy atom. The number of nitrogens with zero attached hydrogens (tertiary/aromatic N) is 2. The van der Waals surface area contributed by atoms with Crippen molar-refractivity contribution in [3.8, 4) is 17.2 Å². The van der Waals surface area contributed by atoms with Crippen molar-refractivity contribution in [2.45, 2.75) is 50.6 Å². The Labute approximate surface area is 254 Å². The molecule has 0 saturated carbocycles. The van der Waals surface area contributed by atoms with Crippen LogP contribution in [0.25, 0.3) is 0 Å². The second kappa shape index (κ2) is 15.8.